The van der Waals surface area contributed by atoms with E-state index in [1.807, 2.05) is 11.8 Å². The third-order valence-corrected chi connectivity index (χ3v) is 3.88. The van der Waals surface area contributed by atoms with Crippen LogP contribution >= 0.6 is 24.4 Å². The van der Waals surface area contributed by atoms with Crippen LogP contribution in [0.25, 0.3) is 0 Å². The van der Waals surface area contributed by atoms with Gasteiger partial charge in [-0.3, -0.25) is 0 Å². The summed E-state index contributed by atoms with van der Waals surface area (Å²) in [6.07, 6.45) is 5.40. The van der Waals surface area contributed by atoms with Crippen molar-refractivity contribution >= 4 is 30.2 Å². The summed E-state index contributed by atoms with van der Waals surface area (Å²) >= 11 is 6.34. The number of Topliss-reactive ketones (excluding diaryl/α,β-unsaturated/α-hetero) is 1. The second-order valence-electron chi connectivity index (χ2n) is 4.27. The first-order valence-corrected chi connectivity index (χ1v) is 7.39. The van der Waals surface area contributed by atoms with Crippen LogP contribution in [0.2, 0.25) is 0 Å². The molecule has 0 saturated heterocycles. The number of hydrogen-bond acceptors (Lipinski definition) is 3. The molecule has 0 aliphatic rings. The molecular weight excluding hydrogens is 224 g/mol. The van der Waals surface area contributed by atoms with Gasteiger partial charge in [-0.05, 0) is 37.2 Å². The second kappa shape index (κ2) is 9.59. The van der Waals surface area contributed by atoms with Crippen molar-refractivity contribution in [3.8, 4) is 0 Å². The molecule has 0 radical (unpaired) electrons. The Morgan fingerprint density at radius 1 is 1.27 bits per heavy atom. The van der Waals surface area contributed by atoms with Gasteiger partial charge in [0.2, 0.25) is 0 Å². The minimum Gasteiger partial charge on any atom is -0.300 e. The van der Waals surface area contributed by atoms with Crippen molar-refractivity contribution in [1.82, 2.24) is 0 Å². The van der Waals surface area contributed by atoms with Crippen LogP contribution in [0.1, 0.15) is 52.9 Å². The monoisotopic (exact) mass is 248 g/mol. The number of thioether (sulfide) groups is 1. The molecule has 0 aliphatic heterocycles. The maximum absolute atomic E-state index is 10.8. The molecule has 0 N–H and O–H groups in total. The number of thiol groups is 1. The first-order valence-electron chi connectivity index (χ1n) is 5.82. The van der Waals surface area contributed by atoms with Crippen LogP contribution < -0.4 is 0 Å². The zero-order valence-electron chi connectivity index (χ0n) is 10.2. The zero-order valence-corrected chi connectivity index (χ0v) is 11.9. The van der Waals surface area contributed by atoms with E-state index < -0.39 is 0 Å². The average Bonchev–Trinajstić information content (AvgIpc) is 2.11. The first kappa shape index (κ1) is 15.4. The predicted molar refractivity (Wildman–Crippen MR) is 74.1 cm³/mol. The van der Waals surface area contributed by atoms with Crippen molar-refractivity contribution in [2.45, 2.75) is 63.4 Å². The van der Waals surface area contributed by atoms with Crippen LogP contribution in [0.15, 0.2) is 0 Å². The lowest BCUT2D eigenvalue weighted by Crippen LogP contribution is -2.08. The van der Waals surface area contributed by atoms with Gasteiger partial charge < -0.3 is 4.79 Å². The lowest BCUT2D eigenvalue weighted by molar-refractivity contribution is -0.117. The highest BCUT2D eigenvalue weighted by Crippen LogP contribution is 2.25. The summed E-state index contributed by atoms with van der Waals surface area (Å²) in [4.78, 5) is 10.8. The Bertz CT molecular complexity index is 169. The molecule has 3 heteroatoms. The van der Waals surface area contributed by atoms with Gasteiger partial charge in [0, 0.05) is 11.7 Å². The van der Waals surface area contributed by atoms with Crippen LogP contribution in [0, 0.1) is 0 Å². The van der Waals surface area contributed by atoms with E-state index in [4.69, 9.17) is 0 Å². The van der Waals surface area contributed by atoms with Crippen LogP contribution in [-0.4, -0.2) is 22.0 Å². The highest BCUT2D eigenvalue weighted by Gasteiger charge is 2.10. The highest BCUT2D eigenvalue weighted by atomic mass is 32.2. The summed E-state index contributed by atoms with van der Waals surface area (Å²) in [6.45, 7) is 6.16. The van der Waals surface area contributed by atoms with Crippen molar-refractivity contribution < 1.29 is 4.79 Å². The number of ketones is 1. The largest absolute Gasteiger partial charge is 0.300 e. The molecule has 0 aromatic rings. The van der Waals surface area contributed by atoms with Crippen LogP contribution in [0.3, 0.4) is 0 Å². The summed E-state index contributed by atoms with van der Waals surface area (Å²) in [5.74, 6) is 1.29. The van der Waals surface area contributed by atoms with E-state index in [0.29, 0.717) is 11.0 Å². The molecule has 0 spiro atoms. The van der Waals surface area contributed by atoms with Crippen molar-refractivity contribution in [2.75, 3.05) is 5.75 Å². The normalized spacial score (nSPS) is 13.1. The zero-order chi connectivity index (χ0) is 11.7. The lowest BCUT2D eigenvalue weighted by atomic mass is 10.1. The average molecular weight is 248 g/mol. The van der Waals surface area contributed by atoms with E-state index in [9.17, 15) is 4.79 Å². The van der Waals surface area contributed by atoms with E-state index >= 15 is 0 Å². The Hall–Kier alpha value is 0.370. The minimum absolute atomic E-state index is 0.317. The molecule has 0 rings (SSSR count). The van der Waals surface area contributed by atoms with Gasteiger partial charge in [0.15, 0.2) is 0 Å². The fraction of sp³-hybridized carbons (Fsp3) is 0.917. The van der Waals surface area contributed by atoms with Gasteiger partial charge in [0.05, 0.1) is 0 Å². The summed E-state index contributed by atoms with van der Waals surface area (Å²) in [6, 6.07) is 0. The first-order chi connectivity index (χ1) is 7.06. The van der Waals surface area contributed by atoms with E-state index in [1.54, 1.807) is 6.92 Å². The standard InChI is InChI=1S/C12H24OS2/c1-10(2)15-12(8-9-14)7-5-4-6-11(3)13/h10,12,14H,4-9H2,1-3H3. The second-order valence-corrected chi connectivity index (χ2v) is 6.60. The molecular formula is C12H24OS2. The van der Waals surface area contributed by atoms with E-state index in [-0.39, 0.29) is 0 Å². The van der Waals surface area contributed by atoms with Crippen LogP contribution in [-0.2, 0) is 4.79 Å². The van der Waals surface area contributed by atoms with Crippen LogP contribution in [0.5, 0.6) is 0 Å². The molecule has 1 unspecified atom stereocenters. The molecule has 90 valence electrons. The van der Waals surface area contributed by atoms with Gasteiger partial charge in [0.1, 0.15) is 5.78 Å². The molecule has 1 atom stereocenters. The van der Waals surface area contributed by atoms with Crippen molar-refractivity contribution in [3.63, 3.8) is 0 Å². The third-order valence-electron chi connectivity index (χ3n) is 2.22. The molecule has 15 heavy (non-hydrogen) atoms. The fourth-order valence-electron chi connectivity index (χ4n) is 1.56. The van der Waals surface area contributed by atoms with Crippen molar-refractivity contribution in [1.29, 1.82) is 0 Å². The Morgan fingerprint density at radius 3 is 2.40 bits per heavy atom. The summed E-state index contributed by atoms with van der Waals surface area (Å²) in [5.41, 5.74) is 0. The molecule has 0 heterocycles. The maximum atomic E-state index is 10.8. The summed E-state index contributed by atoms with van der Waals surface area (Å²) in [7, 11) is 0. The van der Waals surface area contributed by atoms with Crippen molar-refractivity contribution in [2.24, 2.45) is 0 Å². The maximum Gasteiger partial charge on any atom is 0.129 e. The Kier molecular flexibility index (Phi) is 9.82. The smallest absolute Gasteiger partial charge is 0.129 e. The van der Waals surface area contributed by atoms with Gasteiger partial charge in [0.25, 0.3) is 0 Å². The number of rotatable bonds is 9. The van der Waals surface area contributed by atoms with Gasteiger partial charge in [-0.2, -0.15) is 24.4 Å². The Balaban J connectivity index is 3.60. The van der Waals surface area contributed by atoms with E-state index in [2.05, 4.69) is 26.5 Å². The van der Waals surface area contributed by atoms with E-state index in [1.165, 1.54) is 19.3 Å². The fourth-order valence-corrected chi connectivity index (χ4v) is 3.37. The molecule has 1 nitrogen and oxygen atoms in total. The number of carbonyl (C=O) groups is 1. The third kappa shape index (κ3) is 10.6. The van der Waals surface area contributed by atoms with Crippen LogP contribution in [0.4, 0.5) is 0 Å². The predicted octanol–water partition coefficient (Wildman–Crippen LogP) is 3.97. The van der Waals surface area contributed by atoms with Gasteiger partial charge >= 0.3 is 0 Å². The molecule has 0 fully saturated rings. The molecule has 0 aromatic heterocycles. The molecule has 0 amide bonds. The lowest BCUT2D eigenvalue weighted by Gasteiger charge is -2.17. The van der Waals surface area contributed by atoms with E-state index in [0.717, 1.165) is 23.8 Å². The van der Waals surface area contributed by atoms with Gasteiger partial charge in [-0.1, -0.05) is 20.3 Å². The highest BCUT2D eigenvalue weighted by molar-refractivity contribution is 8.00. The van der Waals surface area contributed by atoms with Gasteiger partial charge in [-0.25, -0.2) is 0 Å². The summed E-state index contributed by atoms with van der Waals surface area (Å²) < 4.78 is 0. The molecule has 0 aliphatic carbocycles. The number of carbonyl (C=O) groups excluding carboxylic acids is 1. The minimum atomic E-state index is 0.317. The summed E-state index contributed by atoms with van der Waals surface area (Å²) in [5, 5.41) is 1.43. The molecule has 0 bridgehead atoms. The molecule has 0 aromatic carbocycles. The SMILES string of the molecule is CC(=O)CCCCC(CCS)SC(C)C. The topological polar surface area (TPSA) is 17.1 Å². The Labute approximate surface area is 104 Å². The van der Waals surface area contributed by atoms with Gasteiger partial charge in [-0.15, -0.1) is 0 Å². The number of unbranched alkanes of at least 4 members (excludes halogenated alkanes) is 1. The Morgan fingerprint density at radius 2 is 1.93 bits per heavy atom. The number of hydrogen-bond donors (Lipinski definition) is 1. The quantitative estimate of drug-likeness (QED) is 0.491. The molecule has 0 saturated carbocycles. The van der Waals surface area contributed by atoms with Crippen molar-refractivity contribution in [3.05, 3.63) is 0 Å².